The molecule has 0 aliphatic carbocycles. The number of pyridine rings is 1. The Morgan fingerprint density at radius 1 is 1.50 bits per heavy atom. The van der Waals surface area contributed by atoms with Crippen LogP contribution in [0.1, 0.15) is 30.1 Å². The number of amides is 1. The summed E-state index contributed by atoms with van der Waals surface area (Å²) >= 11 is 0. The van der Waals surface area contributed by atoms with Crippen LogP contribution in [0.5, 0.6) is 0 Å². The van der Waals surface area contributed by atoms with Gasteiger partial charge in [-0.2, -0.15) is 0 Å². The first kappa shape index (κ1) is 10.9. The smallest absolute Gasteiger partial charge is 0.251 e. The summed E-state index contributed by atoms with van der Waals surface area (Å²) in [5.74, 6) is 0.895. The zero-order valence-electron chi connectivity index (χ0n) is 9.57. The van der Waals surface area contributed by atoms with E-state index in [1.54, 1.807) is 12.3 Å². The van der Waals surface area contributed by atoms with E-state index >= 15 is 0 Å². The number of rotatable bonds is 3. The van der Waals surface area contributed by atoms with Crippen LogP contribution in [0.15, 0.2) is 18.3 Å². The molecule has 1 aliphatic rings. The molecule has 0 saturated carbocycles. The molecule has 1 saturated heterocycles. The Hall–Kier alpha value is -1.58. The van der Waals surface area contributed by atoms with E-state index in [0.29, 0.717) is 12.1 Å². The highest BCUT2D eigenvalue weighted by Crippen LogP contribution is 2.18. The Morgan fingerprint density at radius 3 is 2.94 bits per heavy atom. The highest BCUT2D eigenvalue weighted by atomic mass is 16.1. The molecule has 1 N–H and O–H groups in total. The molecular formula is C12H17N3O. The second-order valence-corrected chi connectivity index (χ2v) is 3.96. The van der Waals surface area contributed by atoms with E-state index in [4.69, 9.17) is 0 Å². The lowest BCUT2D eigenvalue weighted by atomic mass is 10.2. The number of hydrogen-bond donors (Lipinski definition) is 1. The number of carbonyl (C=O) groups excluding carboxylic acids is 1. The van der Waals surface area contributed by atoms with Crippen molar-refractivity contribution in [2.24, 2.45) is 0 Å². The molecule has 1 amide bonds. The molecule has 1 aromatic rings. The maximum Gasteiger partial charge on any atom is 0.251 e. The molecule has 0 atom stereocenters. The van der Waals surface area contributed by atoms with Gasteiger partial charge in [0.05, 0.1) is 0 Å². The van der Waals surface area contributed by atoms with Crippen molar-refractivity contribution in [1.29, 1.82) is 0 Å². The summed E-state index contributed by atoms with van der Waals surface area (Å²) in [6.45, 7) is 4.67. The van der Waals surface area contributed by atoms with Crippen molar-refractivity contribution in [2.75, 3.05) is 24.5 Å². The van der Waals surface area contributed by atoms with Gasteiger partial charge in [0, 0.05) is 31.4 Å². The SMILES string of the molecule is CCNC(=O)c1ccnc(N2CCCC2)c1. The van der Waals surface area contributed by atoms with Gasteiger partial charge in [0.1, 0.15) is 5.82 Å². The first-order valence-electron chi connectivity index (χ1n) is 5.80. The van der Waals surface area contributed by atoms with E-state index in [1.165, 1.54) is 12.8 Å². The van der Waals surface area contributed by atoms with E-state index in [-0.39, 0.29) is 5.91 Å². The average Bonchev–Trinajstić information content (AvgIpc) is 2.83. The van der Waals surface area contributed by atoms with E-state index < -0.39 is 0 Å². The third-order valence-corrected chi connectivity index (χ3v) is 2.78. The molecule has 1 aromatic heterocycles. The molecule has 4 nitrogen and oxygen atoms in total. The summed E-state index contributed by atoms with van der Waals surface area (Å²) in [4.78, 5) is 18.2. The lowest BCUT2D eigenvalue weighted by Gasteiger charge is -2.16. The zero-order valence-corrected chi connectivity index (χ0v) is 9.57. The molecule has 1 aliphatic heterocycles. The molecule has 16 heavy (non-hydrogen) atoms. The molecule has 2 rings (SSSR count). The molecular weight excluding hydrogens is 202 g/mol. The van der Waals surface area contributed by atoms with Gasteiger partial charge >= 0.3 is 0 Å². The quantitative estimate of drug-likeness (QED) is 0.836. The summed E-state index contributed by atoms with van der Waals surface area (Å²) in [7, 11) is 0. The van der Waals surface area contributed by atoms with E-state index in [9.17, 15) is 4.79 Å². The molecule has 0 bridgehead atoms. The molecule has 2 heterocycles. The summed E-state index contributed by atoms with van der Waals surface area (Å²) in [6, 6.07) is 3.63. The number of hydrogen-bond acceptors (Lipinski definition) is 3. The normalized spacial score (nSPS) is 15.2. The van der Waals surface area contributed by atoms with Crippen LogP contribution in [0.3, 0.4) is 0 Å². The largest absolute Gasteiger partial charge is 0.357 e. The Bertz CT molecular complexity index is 372. The molecule has 4 heteroatoms. The van der Waals surface area contributed by atoms with Crippen molar-refractivity contribution in [3.8, 4) is 0 Å². The van der Waals surface area contributed by atoms with Gasteiger partial charge < -0.3 is 10.2 Å². The minimum absolute atomic E-state index is 0.0228. The number of carbonyl (C=O) groups is 1. The van der Waals surface area contributed by atoms with Crippen molar-refractivity contribution in [1.82, 2.24) is 10.3 Å². The summed E-state index contributed by atoms with van der Waals surface area (Å²) < 4.78 is 0. The van der Waals surface area contributed by atoms with E-state index in [2.05, 4.69) is 15.2 Å². The average molecular weight is 219 g/mol. The second-order valence-electron chi connectivity index (χ2n) is 3.96. The van der Waals surface area contributed by atoms with Crippen LogP contribution in [0.4, 0.5) is 5.82 Å². The van der Waals surface area contributed by atoms with Crippen molar-refractivity contribution < 1.29 is 4.79 Å². The lowest BCUT2D eigenvalue weighted by molar-refractivity contribution is 0.0955. The van der Waals surface area contributed by atoms with Gasteiger partial charge in [-0.3, -0.25) is 4.79 Å². The number of anilines is 1. The van der Waals surface area contributed by atoms with Gasteiger partial charge in [-0.05, 0) is 31.9 Å². The van der Waals surface area contributed by atoms with Crippen molar-refractivity contribution in [2.45, 2.75) is 19.8 Å². The van der Waals surface area contributed by atoms with Crippen molar-refractivity contribution in [3.63, 3.8) is 0 Å². The van der Waals surface area contributed by atoms with Crippen LogP contribution in [0.2, 0.25) is 0 Å². The molecule has 0 aromatic carbocycles. The van der Waals surface area contributed by atoms with Crippen LogP contribution in [0.25, 0.3) is 0 Å². The fourth-order valence-corrected chi connectivity index (χ4v) is 1.94. The maximum absolute atomic E-state index is 11.7. The van der Waals surface area contributed by atoms with Gasteiger partial charge in [-0.1, -0.05) is 0 Å². The number of nitrogens with zero attached hydrogens (tertiary/aromatic N) is 2. The Morgan fingerprint density at radius 2 is 2.25 bits per heavy atom. The second kappa shape index (κ2) is 4.96. The van der Waals surface area contributed by atoms with E-state index in [0.717, 1.165) is 18.9 Å². The highest BCUT2D eigenvalue weighted by Gasteiger charge is 2.14. The summed E-state index contributed by atoms with van der Waals surface area (Å²) in [6.07, 6.45) is 4.14. The fraction of sp³-hybridized carbons (Fsp3) is 0.500. The highest BCUT2D eigenvalue weighted by molar-refractivity contribution is 5.94. The van der Waals surface area contributed by atoms with Crippen LogP contribution in [0, 0.1) is 0 Å². The standard InChI is InChI=1S/C12H17N3O/c1-2-13-12(16)10-5-6-14-11(9-10)15-7-3-4-8-15/h5-6,9H,2-4,7-8H2,1H3,(H,13,16). The first-order chi connectivity index (χ1) is 7.81. The maximum atomic E-state index is 11.7. The Labute approximate surface area is 95.7 Å². The third kappa shape index (κ3) is 2.32. The minimum Gasteiger partial charge on any atom is -0.357 e. The Kier molecular flexibility index (Phi) is 3.39. The predicted octanol–water partition coefficient (Wildman–Crippen LogP) is 1.43. The molecule has 0 unspecified atom stereocenters. The Balaban J connectivity index is 2.15. The first-order valence-corrected chi connectivity index (χ1v) is 5.80. The summed E-state index contributed by atoms with van der Waals surface area (Å²) in [5.41, 5.74) is 0.693. The fourth-order valence-electron chi connectivity index (χ4n) is 1.94. The number of aromatic nitrogens is 1. The number of nitrogens with one attached hydrogen (secondary N) is 1. The van der Waals surface area contributed by atoms with Crippen LogP contribution in [-0.4, -0.2) is 30.5 Å². The molecule has 0 radical (unpaired) electrons. The monoisotopic (exact) mass is 219 g/mol. The van der Waals surface area contributed by atoms with Crippen molar-refractivity contribution in [3.05, 3.63) is 23.9 Å². The van der Waals surface area contributed by atoms with Gasteiger partial charge in [-0.15, -0.1) is 0 Å². The van der Waals surface area contributed by atoms with E-state index in [1.807, 2.05) is 13.0 Å². The molecule has 0 spiro atoms. The minimum atomic E-state index is -0.0228. The van der Waals surface area contributed by atoms with Gasteiger partial charge in [0.15, 0.2) is 0 Å². The van der Waals surface area contributed by atoms with Gasteiger partial charge in [-0.25, -0.2) is 4.98 Å². The van der Waals surface area contributed by atoms with Crippen LogP contribution < -0.4 is 10.2 Å². The van der Waals surface area contributed by atoms with Crippen LogP contribution >= 0.6 is 0 Å². The topological polar surface area (TPSA) is 45.2 Å². The predicted molar refractivity (Wildman–Crippen MR) is 63.7 cm³/mol. The molecule has 1 fully saturated rings. The zero-order chi connectivity index (χ0) is 11.4. The molecule has 86 valence electrons. The summed E-state index contributed by atoms with van der Waals surface area (Å²) in [5, 5.41) is 2.79. The van der Waals surface area contributed by atoms with Gasteiger partial charge in [0.2, 0.25) is 0 Å². The van der Waals surface area contributed by atoms with Crippen molar-refractivity contribution >= 4 is 11.7 Å². The third-order valence-electron chi connectivity index (χ3n) is 2.78. The van der Waals surface area contributed by atoms with Crippen LogP contribution in [-0.2, 0) is 0 Å². The van der Waals surface area contributed by atoms with Gasteiger partial charge in [0.25, 0.3) is 5.91 Å². The lowest BCUT2D eigenvalue weighted by Crippen LogP contribution is -2.24.